The fraction of sp³-hybridized carbons (Fsp3) is 0.438. The predicted octanol–water partition coefficient (Wildman–Crippen LogP) is 1.05. The van der Waals surface area contributed by atoms with Gasteiger partial charge in [-0.05, 0) is 30.5 Å². The van der Waals surface area contributed by atoms with Gasteiger partial charge in [0.1, 0.15) is 6.04 Å². The number of aromatic nitrogens is 1. The molecule has 2 heterocycles. The third kappa shape index (κ3) is 1.96. The van der Waals surface area contributed by atoms with Crippen LogP contribution in [0, 0.1) is 0 Å². The zero-order chi connectivity index (χ0) is 14.3. The van der Waals surface area contributed by atoms with Gasteiger partial charge in [-0.2, -0.15) is 0 Å². The molecular weight excluding hydrogens is 252 g/mol. The zero-order valence-corrected chi connectivity index (χ0v) is 12.0. The second-order valence-electron chi connectivity index (χ2n) is 5.50. The Bertz CT molecular complexity index is 690. The Balaban J connectivity index is 0.00000161. The van der Waals surface area contributed by atoms with Gasteiger partial charge in [-0.3, -0.25) is 0 Å². The molecule has 20 heavy (non-hydrogen) atoms. The minimum absolute atomic E-state index is 0. The van der Waals surface area contributed by atoms with E-state index >= 15 is 0 Å². The minimum Gasteiger partial charge on any atom is -0.467 e. The summed E-state index contributed by atoms with van der Waals surface area (Å²) in [6.07, 6.45) is 7.35. The van der Waals surface area contributed by atoms with Crippen LogP contribution >= 0.6 is 0 Å². The molecular formula is C16H22N2O2. The summed E-state index contributed by atoms with van der Waals surface area (Å²) in [6.45, 7) is 6.62. The molecule has 1 N–H and O–H groups in total. The molecule has 4 heteroatoms. The number of nitrogens with one attached hydrogen (secondary N) is 1. The van der Waals surface area contributed by atoms with Gasteiger partial charge in [0.2, 0.25) is 0 Å². The van der Waals surface area contributed by atoms with Crippen LogP contribution in [0.3, 0.4) is 0 Å². The molecule has 0 saturated heterocycles. The third-order valence-corrected chi connectivity index (χ3v) is 4.19. The molecule has 0 fully saturated rings. The highest BCUT2D eigenvalue weighted by molar-refractivity contribution is 5.77. The molecule has 2 aliphatic rings. The van der Waals surface area contributed by atoms with E-state index in [0.717, 1.165) is 18.5 Å². The minimum atomic E-state index is -0.264. The maximum atomic E-state index is 12.0. The van der Waals surface area contributed by atoms with E-state index in [1.807, 2.05) is 11.8 Å². The zero-order valence-electron chi connectivity index (χ0n) is 12.0. The number of nitrogens with zero attached hydrogens (tertiary/aromatic N) is 1. The van der Waals surface area contributed by atoms with Crippen LogP contribution in [0.5, 0.6) is 0 Å². The molecule has 1 aliphatic carbocycles. The molecule has 0 amide bonds. The maximum absolute atomic E-state index is 12.0. The van der Waals surface area contributed by atoms with Crippen molar-refractivity contribution in [2.24, 2.45) is 0 Å². The van der Waals surface area contributed by atoms with E-state index in [4.69, 9.17) is 4.74 Å². The largest absolute Gasteiger partial charge is 0.467 e. The van der Waals surface area contributed by atoms with Gasteiger partial charge in [0.15, 0.2) is 0 Å². The Morgan fingerprint density at radius 1 is 1.50 bits per heavy atom. The second kappa shape index (κ2) is 4.85. The summed E-state index contributed by atoms with van der Waals surface area (Å²) in [7, 11) is 1.45. The first-order valence-corrected chi connectivity index (χ1v) is 7.02. The van der Waals surface area contributed by atoms with Crippen molar-refractivity contribution in [2.75, 3.05) is 7.11 Å². The fourth-order valence-electron chi connectivity index (χ4n) is 3.18. The lowest BCUT2D eigenvalue weighted by molar-refractivity contribution is -0.146. The molecule has 0 bridgehead atoms. The van der Waals surface area contributed by atoms with Crippen molar-refractivity contribution in [3.05, 3.63) is 34.1 Å². The lowest BCUT2D eigenvalue weighted by Crippen LogP contribution is -2.46. The van der Waals surface area contributed by atoms with Crippen LogP contribution in [0.2, 0.25) is 0 Å². The van der Waals surface area contributed by atoms with Crippen molar-refractivity contribution in [3.63, 3.8) is 0 Å². The highest BCUT2D eigenvalue weighted by atomic mass is 16.5. The van der Waals surface area contributed by atoms with E-state index in [-0.39, 0.29) is 13.4 Å². The van der Waals surface area contributed by atoms with E-state index < -0.39 is 0 Å². The first-order chi connectivity index (χ1) is 9.61. The van der Waals surface area contributed by atoms with Crippen molar-refractivity contribution < 1.29 is 11.0 Å². The van der Waals surface area contributed by atoms with Crippen LogP contribution in [-0.2, 0) is 22.5 Å². The Labute approximate surface area is 119 Å². The molecule has 1 aliphatic heterocycles. The van der Waals surface area contributed by atoms with E-state index in [2.05, 4.69) is 23.7 Å². The van der Waals surface area contributed by atoms with Gasteiger partial charge in [0.05, 0.1) is 13.7 Å². The van der Waals surface area contributed by atoms with Crippen molar-refractivity contribution in [1.29, 1.82) is 0 Å². The number of rotatable bonds is 2. The molecule has 1 aromatic heterocycles. The number of esters is 1. The molecule has 0 unspecified atom stereocenters. The summed E-state index contributed by atoms with van der Waals surface area (Å²) in [6, 6.07) is -0.264. The highest BCUT2D eigenvalue weighted by Gasteiger charge is 2.33. The number of H-pyrrole nitrogens is 1. The lowest BCUT2D eigenvalue weighted by atomic mass is 9.96. The lowest BCUT2D eigenvalue weighted by Gasteiger charge is -2.35. The summed E-state index contributed by atoms with van der Waals surface area (Å²) in [5.41, 5.74) is 3.36. The summed E-state index contributed by atoms with van der Waals surface area (Å²) in [5, 5.41) is 2.48. The van der Waals surface area contributed by atoms with E-state index in [9.17, 15) is 4.79 Å². The molecule has 0 spiro atoms. The topological polar surface area (TPSA) is 45.3 Å². The van der Waals surface area contributed by atoms with Crippen molar-refractivity contribution in [3.8, 4) is 0 Å². The fourth-order valence-corrected chi connectivity index (χ4v) is 3.18. The van der Waals surface area contributed by atoms with Crippen molar-refractivity contribution in [2.45, 2.75) is 38.8 Å². The molecule has 0 radical (unpaired) electrons. The van der Waals surface area contributed by atoms with Crippen LogP contribution in [0.25, 0.3) is 12.2 Å². The molecule has 108 valence electrons. The van der Waals surface area contributed by atoms with Crippen LogP contribution < -0.4 is 10.6 Å². The van der Waals surface area contributed by atoms with Crippen LogP contribution in [0.4, 0.5) is 0 Å². The van der Waals surface area contributed by atoms with Gasteiger partial charge in [-0.15, -0.1) is 0 Å². The van der Waals surface area contributed by atoms with Gasteiger partial charge in [-0.25, -0.2) is 4.79 Å². The second-order valence-corrected chi connectivity index (χ2v) is 5.50. The normalized spacial score (nSPS) is 20.3. The van der Waals surface area contributed by atoms with Gasteiger partial charge in [-0.1, -0.05) is 18.7 Å². The van der Waals surface area contributed by atoms with E-state index in [1.54, 1.807) is 0 Å². The number of aromatic amines is 1. The Morgan fingerprint density at radius 3 is 2.95 bits per heavy atom. The maximum Gasteiger partial charge on any atom is 0.328 e. The van der Waals surface area contributed by atoms with E-state index in [1.165, 1.54) is 28.9 Å². The highest BCUT2D eigenvalue weighted by Crippen LogP contribution is 2.23. The number of methoxy groups -OCH3 is 1. The van der Waals surface area contributed by atoms with Crippen LogP contribution in [0.1, 0.15) is 32.4 Å². The first kappa shape index (κ1) is 13.0. The summed E-state index contributed by atoms with van der Waals surface area (Å²) < 4.78 is 4.96. The van der Waals surface area contributed by atoms with Gasteiger partial charge < -0.3 is 14.6 Å². The predicted molar refractivity (Wildman–Crippen MR) is 80.2 cm³/mol. The van der Waals surface area contributed by atoms with Gasteiger partial charge in [0.25, 0.3) is 0 Å². The Morgan fingerprint density at radius 2 is 2.25 bits per heavy atom. The van der Waals surface area contributed by atoms with Gasteiger partial charge in [0, 0.05) is 24.6 Å². The third-order valence-electron chi connectivity index (χ3n) is 4.19. The Kier molecular flexibility index (Phi) is 3.16. The number of allylic oxidation sites excluding steroid dienone is 1. The molecule has 0 saturated carbocycles. The number of ether oxygens (including phenoxy) is 1. The molecule has 4 nitrogen and oxygen atoms in total. The molecule has 1 aromatic rings. The van der Waals surface area contributed by atoms with E-state index in [0.29, 0.717) is 13.0 Å². The van der Waals surface area contributed by atoms with Crippen molar-refractivity contribution in [1.82, 2.24) is 9.88 Å². The average Bonchev–Trinajstić information content (AvgIpc) is 2.82. The number of carbonyl (C=O) groups is 1. The van der Waals surface area contributed by atoms with Crippen LogP contribution in [-0.4, -0.2) is 29.0 Å². The number of hydrogen-bond acceptors (Lipinski definition) is 3. The first-order valence-electron chi connectivity index (χ1n) is 7.02. The SMILES string of the molecule is C=C(C)N1Cc2[nH]c3c(c2C[C@H]1C(=O)OC)=CCCC=3.[HH]. The summed E-state index contributed by atoms with van der Waals surface area (Å²) in [5.74, 6) is -0.187. The smallest absolute Gasteiger partial charge is 0.328 e. The quantitative estimate of drug-likeness (QED) is 0.820. The Hall–Kier alpha value is -1.97. The monoisotopic (exact) mass is 274 g/mol. The number of carbonyl (C=O) groups excluding carboxylic acids is 1. The number of hydrogen-bond donors (Lipinski definition) is 1. The average molecular weight is 274 g/mol. The summed E-state index contributed by atoms with van der Waals surface area (Å²) in [4.78, 5) is 17.6. The number of fused-ring (bicyclic) bond motifs is 3. The molecule has 0 aromatic carbocycles. The van der Waals surface area contributed by atoms with Crippen molar-refractivity contribution >= 4 is 18.1 Å². The van der Waals surface area contributed by atoms with Gasteiger partial charge >= 0.3 is 5.97 Å². The molecule has 1 atom stereocenters. The van der Waals surface area contributed by atoms with Crippen LogP contribution in [0.15, 0.2) is 12.3 Å². The summed E-state index contributed by atoms with van der Waals surface area (Å²) >= 11 is 0. The molecule has 3 rings (SSSR count). The standard InChI is InChI=1S/C16H20N2O2.H2/c1-10(2)18-9-14-12(8-15(18)16(19)20-3)11-6-4-5-7-13(11)17-14;/h6-7,15,17H,1,4-5,8-9H2,2-3H3;1H/t15-;/m0./s1.